The number of aromatic nitrogens is 2. The lowest BCUT2D eigenvalue weighted by atomic mass is 10.1. The number of benzene rings is 2. The molecule has 0 radical (unpaired) electrons. The molecule has 38 heavy (non-hydrogen) atoms. The monoisotopic (exact) mass is 546 g/mol. The maximum absolute atomic E-state index is 14.9. The molecule has 1 saturated heterocycles. The molecular weight excluding hydrogens is 517 g/mol. The minimum absolute atomic E-state index is 0.0212. The Labute approximate surface area is 220 Å². The Morgan fingerprint density at radius 3 is 2.58 bits per heavy atom. The van der Waals surface area contributed by atoms with Crippen molar-refractivity contribution in [2.45, 2.75) is 45.7 Å². The standard InChI is InChI=1S/C27H29F3N4O3S/c1-17(2)34-8-9-37-27-22(29)13-20(14-24(27)34)26-23(30)15-31-25(32-26)12-18-5-6-19(21(28)11-18)16-33-7-3-4-10-38(33,35)36/h5-6,11,13-15,17H,3-4,7-10,12,16H2,1-2H3. The number of ether oxygens (including phenoxy) is 1. The van der Waals surface area contributed by atoms with Crippen LogP contribution in [0.1, 0.15) is 43.6 Å². The summed E-state index contributed by atoms with van der Waals surface area (Å²) >= 11 is 0. The van der Waals surface area contributed by atoms with Gasteiger partial charge in [0.25, 0.3) is 0 Å². The predicted molar refractivity (Wildman–Crippen MR) is 138 cm³/mol. The van der Waals surface area contributed by atoms with Gasteiger partial charge in [-0.1, -0.05) is 12.1 Å². The summed E-state index contributed by atoms with van der Waals surface area (Å²) in [6.07, 6.45) is 2.50. The highest BCUT2D eigenvalue weighted by Crippen LogP contribution is 2.39. The number of halogens is 3. The van der Waals surface area contributed by atoms with Crippen LogP contribution in [0.3, 0.4) is 0 Å². The van der Waals surface area contributed by atoms with E-state index in [4.69, 9.17) is 4.74 Å². The predicted octanol–water partition coefficient (Wildman–Crippen LogP) is 4.68. The number of hydrogen-bond acceptors (Lipinski definition) is 6. The third-order valence-corrected chi connectivity index (χ3v) is 8.79. The molecule has 0 saturated carbocycles. The minimum atomic E-state index is -3.38. The smallest absolute Gasteiger partial charge is 0.214 e. The van der Waals surface area contributed by atoms with Crippen molar-refractivity contribution in [1.82, 2.24) is 14.3 Å². The Morgan fingerprint density at radius 2 is 1.84 bits per heavy atom. The molecular formula is C27H29F3N4O3S. The molecule has 1 aromatic heterocycles. The van der Waals surface area contributed by atoms with Crippen molar-refractivity contribution in [2.75, 3.05) is 30.3 Å². The summed E-state index contributed by atoms with van der Waals surface area (Å²) in [5, 5.41) is 0. The quantitative estimate of drug-likeness (QED) is 0.447. The van der Waals surface area contributed by atoms with Crippen molar-refractivity contribution in [1.29, 1.82) is 0 Å². The van der Waals surface area contributed by atoms with Crippen LogP contribution in [0, 0.1) is 17.5 Å². The van der Waals surface area contributed by atoms with Gasteiger partial charge in [-0.3, -0.25) is 0 Å². The van der Waals surface area contributed by atoms with E-state index in [9.17, 15) is 21.6 Å². The van der Waals surface area contributed by atoms with E-state index in [-0.39, 0.29) is 53.2 Å². The molecule has 202 valence electrons. The number of rotatable bonds is 6. The maximum atomic E-state index is 14.9. The largest absolute Gasteiger partial charge is 0.486 e. The summed E-state index contributed by atoms with van der Waals surface area (Å²) in [5.74, 6) is -1.39. The highest BCUT2D eigenvalue weighted by Gasteiger charge is 2.27. The number of sulfonamides is 1. The molecule has 2 aliphatic rings. The van der Waals surface area contributed by atoms with Crippen LogP contribution >= 0.6 is 0 Å². The van der Waals surface area contributed by atoms with Crippen LogP contribution in [-0.4, -0.2) is 54.2 Å². The molecule has 0 atom stereocenters. The first-order chi connectivity index (χ1) is 18.1. The summed E-state index contributed by atoms with van der Waals surface area (Å²) < 4.78 is 76.0. The van der Waals surface area contributed by atoms with E-state index in [0.29, 0.717) is 37.4 Å². The number of nitrogens with zero attached hydrogens (tertiary/aromatic N) is 4. The number of anilines is 1. The molecule has 0 unspecified atom stereocenters. The van der Waals surface area contributed by atoms with Crippen LogP contribution in [0.4, 0.5) is 18.9 Å². The van der Waals surface area contributed by atoms with Crippen molar-refractivity contribution in [3.8, 4) is 17.0 Å². The fourth-order valence-electron chi connectivity index (χ4n) is 4.89. The van der Waals surface area contributed by atoms with Gasteiger partial charge in [0.15, 0.2) is 17.4 Å². The molecule has 3 heterocycles. The lowest BCUT2D eigenvalue weighted by Crippen LogP contribution is -2.38. The average Bonchev–Trinajstić information content (AvgIpc) is 2.87. The fourth-order valence-corrected chi connectivity index (χ4v) is 6.46. The van der Waals surface area contributed by atoms with E-state index in [1.165, 1.54) is 16.4 Å². The normalized spacial score (nSPS) is 17.4. The maximum Gasteiger partial charge on any atom is 0.214 e. The van der Waals surface area contributed by atoms with Crippen LogP contribution in [0.25, 0.3) is 11.3 Å². The molecule has 3 aromatic rings. The van der Waals surface area contributed by atoms with Gasteiger partial charge in [-0.05, 0) is 50.5 Å². The zero-order chi connectivity index (χ0) is 27.0. The van der Waals surface area contributed by atoms with Gasteiger partial charge >= 0.3 is 0 Å². The van der Waals surface area contributed by atoms with Crippen molar-refractivity contribution in [2.24, 2.45) is 0 Å². The first kappa shape index (κ1) is 26.4. The second-order valence-electron chi connectivity index (χ2n) is 9.88. The summed E-state index contributed by atoms with van der Waals surface area (Å²) in [5.41, 5.74) is 1.55. The Bertz CT molecular complexity index is 1470. The van der Waals surface area contributed by atoms with E-state index in [2.05, 4.69) is 9.97 Å². The van der Waals surface area contributed by atoms with Gasteiger partial charge in [0.2, 0.25) is 10.0 Å². The molecule has 1 fully saturated rings. The van der Waals surface area contributed by atoms with Gasteiger partial charge < -0.3 is 9.64 Å². The molecule has 0 amide bonds. The Hall–Kier alpha value is -3.18. The number of fused-ring (bicyclic) bond motifs is 1. The molecule has 0 N–H and O–H groups in total. The van der Waals surface area contributed by atoms with Crippen LogP contribution in [-0.2, 0) is 23.0 Å². The van der Waals surface area contributed by atoms with E-state index in [1.807, 2.05) is 18.7 Å². The topological polar surface area (TPSA) is 75.6 Å². The third-order valence-electron chi connectivity index (χ3n) is 6.88. The van der Waals surface area contributed by atoms with Gasteiger partial charge in [-0.2, -0.15) is 4.31 Å². The Morgan fingerprint density at radius 1 is 1.03 bits per heavy atom. The van der Waals surface area contributed by atoms with E-state index in [1.54, 1.807) is 18.2 Å². The first-order valence-corrected chi connectivity index (χ1v) is 14.2. The summed E-state index contributed by atoms with van der Waals surface area (Å²) in [7, 11) is -3.38. The molecule has 7 nitrogen and oxygen atoms in total. The van der Waals surface area contributed by atoms with Crippen LogP contribution in [0.5, 0.6) is 5.75 Å². The molecule has 0 bridgehead atoms. The Kier molecular flexibility index (Phi) is 7.32. The molecule has 2 aromatic carbocycles. The van der Waals surface area contributed by atoms with Gasteiger partial charge in [0, 0.05) is 36.7 Å². The second kappa shape index (κ2) is 10.5. The molecule has 5 rings (SSSR count). The lowest BCUT2D eigenvalue weighted by Gasteiger charge is -2.34. The summed E-state index contributed by atoms with van der Waals surface area (Å²) in [4.78, 5) is 10.4. The van der Waals surface area contributed by atoms with Crippen LogP contribution < -0.4 is 9.64 Å². The molecule has 11 heteroatoms. The van der Waals surface area contributed by atoms with Crippen LogP contribution in [0.15, 0.2) is 36.5 Å². The van der Waals surface area contributed by atoms with Crippen molar-refractivity contribution in [3.05, 3.63) is 70.9 Å². The average molecular weight is 547 g/mol. The van der Waals surface area contributed by atoms with Gasteiger partial charge in [-0.15, -0.1) is 0 Å². The van der Waals surface area contributed by atoms with Gasteiger partial charge in [0.1, 0.15) is 23.9 Å². The molecule has 0 spiro atoms. The third kappa shape index (κ3) is 5.35. The van der Waals surface area contributed by atoms with Gasteiger partial charge in [-0.25, -0.2) is 31.6 Å². The van der Waals surface area contributed by atoms with Crippen molar-refractivity contribution >= 4 is 15.7 Å². The Balaban J connectivity index is 1.40. The van der Waals surface area contributed by atoms with Gasteiger partial charge in [0.05, 0.1) is 24.2 Å². The zero-order valence-corrected chi connectivity index (χ0v) is 22.1. The second-order valence-corrected chi connectivity index (χ2v) is 12.0. The van der Waals surface area contributed by atoms with Crippen LogP contribution in [0.2, 0.25) is 0 Å². The molecule has 2 aliphatic heterocycles. The summed E-state index contributed by atoms with van der Waals surface area (Å²) in [6, 6.07) is 7.49. The van der Waals surface area contributed by atoms with E-state index >= 15 is 0 Å². The number of hydrogen-bond donors (Lipinski definition) is 0. The van der Waals surface area contributed by atoms with E-state index in [0.717, 1.165) is 12.6 Å². The summed E-state index contributed by atoms with van der Waals surface area (Å²) in [6.45, 7) is 5.26. The fraction of sp³-hybridized carbons (Fsp3) is 0.407. The minimum Gasteiger partial charge on any atom is -0.486 e. The zero-order valence-electron chi connectivity index (χ0n) is 21.3. The van der Waals surface area contributed by atoms with E-state index < -0.39 is 27.5 Å². The SMILES string of the molecule is CC(C)N1CCOc2c(F)cc(-c3nc(Cc4ccc(CN5CCCCS5(=O)=O)c(F)c4)ncc3F)cc21. The first-order valence-electron chi connectivity index (χ1n) is 12.6. The van der Waals surface area contributed by atoms with Crippen molar-refractivity contribution in [3.63, 3.8) is 0 Å². The van der Waals surface area contributed by atoms with Crippen molar-refractivity contribution < 1.29 is 26.3 Å². The highest BCUT2D eigenvalue weighted by atomic mass is 32.2. The highest BCUT2D eigenvalue weighted by molar-refractivity contribution is 7.89. The molecule has 0 aliphatic carbocycles. The lowest BCUT2D eigenvalue weighted by molar-refractivity contribution is 0.287.